The Morgan fingerprint density at radius 2 is 1.21 bits per heavy atom. The minimum atomic E-state index is 0.838. The molecule has 0 saturated heterocycles. The van der Waals surface area contributed by atoms with Gasteiger partial charge >= 0.3 is 0 Å². The fraction of sp³-hybridized carbons (Fsp3) is 0.500. The summed E-state index contributed by atoms with van der Waals surface area (Å²) < 4.78 is 2.11. The predicted molar refractivity (Wildman–Crippen MR) is 184 cm³/mol. The number of hydrogen-bond acceptors (Lipinski definition) is 1. The first-order valence-corrected chi connectivity index (χ1v) is 17.1. The Balaban J connectivity index is 1.94. The number of aryl methyl sites for hydroxylation is 3. The van der Waals surface area contributed by atoms with Crippen LogP contribution in [0, 0.1) is 0 Å². The molecule has 0 bridgehead atoms. The van der Waals surface area contributed by atoms with Gasteiger partial charge in [0.15, 0.2) is 12.7 Å². The van der Waals surface area contributed by atoms with Crippen LogP contribution in [-0.4, -0.2) is 11.2 Å². The second-order valence-electron chi connectivity index (χ2n) is 11.8. The summed E-state index contributed by atoms with van der Waals surface area (Å²) in [5.74, 6) is 0. The second-order valence-corrected chi connectivity index (χ2v) is 11.8. The Hall–Kier alpha value is -3.00. The summed E-state index contributed by atoms with van der Waals surface area (Å²) >= 11 is 0. The van der Waals surface area contributed by atoms with Gasteiger partial charge in [-0.3, -0.25) is 0 Å². The topological polar surface area (TPSA) is 15.4 Å². The van der Waals surface area contributed by atoms with Crippen molar-refractivity contribution in [2.24, 2.45) is 5.11 Å². The molecular formula is C40H57N2+. The van der Waals surface area contributed by atoms with E-state index < -0.39 is 0 Å². The number of azo groups is 2. The molecule has 0 aliphatic rings. The zero-order chi connectivity index (χ0) is 30.0. The predicted octanol–water partition coefficient (Wildman–Crippen LogP) is 12.3. The van der Waals surface area contributed by atoms with Crippen LogP contribution in [0.15, 0.2) is 72.0 Å². The maximum absolute atomic E-state index is 5.17. The maximum Gasteiger partial charge on any atom is 0.196 e. The van der Waals surface area contributed by atoms with E-state index in [1.807, 2.05) is 0 Å². The van der Waals surface area contributed by atoms with Crippen molar-refractivity contribution in [1.29, 1.82) is 0 Å². The third kappa shape index (κ3) is 10.7. The average Bonchev–Trinajstić information content (AvgIpc) is 3.03. The van der Waals surface area contributed by atoms with Gasteiger partial charge in [0.05, 0.1) is 0 Å². The van der Waals surface area contributed by atoms with Gasteiger partial charge in [-0.15, -0.1) is 0 Å². The van der Waals surface area contributed by atoms with Crippen molar-refractivity contribution >= 4 is 11.8 Å². The molecule has 0 spiro atoms. The third-order valence-electron chi connectivity index (χ3n) is 8.32. The van der Waals surface area contributed by atoms with Crippen LogP contribution in [0.3, 0.4) is 0 Å². The fourth-order valence-electron chi connectivity index (χ4n) is 5.77. The van der Waals surface area contributed by atoms with E-state index >= 15 is 0 Å². The Labute approximate surface area is 258 Å². The average molecular weight is 566 g/mol. The van der Waals surface area contributed by atoms with Gasteiger partial charge in [-0.2, -0.15) is 0 Å². The molecule has 226 valence electrons. The van der Waals surface area contributed by atoms with Crippen molar-refractivity contribution in [1.82, 2.24) is 0 Å². The first-order chi connectivity index (χ1) is 20.6. The molecule has 0 saturated carbocycles. The fourth-order valence-corrected chi connectivity index (χ4v) is 5.77. The largest absolute Gasteiger partial charge is 0.196 e. The van der Waals surface area contributed by atoms with Gasteiger partial charge in [0, 0.05) is 6.08 Å². The van der Waals surface area contributed by atoms with Gasteiger partial charge < -0.3 is 0 Å². The molecule has 0 radical (unpaired) electrons. The number of hydrogen-bond donors (Lipinski definition) is 0. The molecule has 3 rings (SSSR count). The molecule has 3 aromatic carbocycles. The molecule has 0 aromatic heterocycles. The van der Waals surface area contributed by atoms with E-state index in [-0.39, 0.29) is 0 Å². The van der Waals surface area contributed by atoms with E-state index in [1.54, 1.807) is 11.1 Å². The highest BCUT2D eigenvalue weighted by molar-refractivity contribution is 5.71. The van der Waals surface area contributed by atoms with Crippen LogP contribution in [0.5, 0.6) is 0 Å². The molecule has 0 fully saturated rings. The second kappa shape index (κ2) is 19.2. The molecular weight excluding hydrogens is 508 g/mol. The number of benzene rings is 3. The molecule has 0 atom stereocenters. The lowest BCUT2D eigenvalue weighted by Crippen LogP contribution is -2.03. The summed E-state index contributed by atoms with van der Waals surface area (Å²) in [5, 5.41) is 5.17. The molecule has 0 amide bonds. The van der Waals surface area contributed by atoms with Crippen LogP contribution in [0.4, 0.5) is 5.69 Å². The molecule has 0 unspecified atom stereocenters. The Kier molecular flexibility index (Phi) is 15.3. The quantitative estimate of drug-likeness (QED) is 0.0780. The van der Waals surface area contributed by atoms with E-state index in [0.717, 1.165) is 25.1 Å². The summed E-state index contributed by atoms with van der Waals surface area (Å²) in [6.45, 7) is 12.2. The molecule has 3 aromatic rings. The zero-order valence-corrected chi connectivity index (χ0v) is 27.4. The van der Waals surface area contributed by atoms with Crippen LogP contribution >= 0.6 is 0 Å². The molecule has 42 heavy (non-hydrogen) atoms. The van der Waals surface area contributed by atoms with Crippen molar-refractivity contribution in [2.75, 3.05) is 6.54 Å². The first kappa shape index (κ1) is 33.5. The molecule has 0 N–H and O–H groups in total. The minimum Gasteiger partial charge on any atom is -0.0910 e. The Morgan fingerprint density at radius 1 is 0.595 bits per heavy atom. The highest BCUT2D eigenvalue weighted by atomic mass is 15.2. The van der Waals surface area contributed by atoms with Crippen LogP contribution in [0.1, 0.15) is 127 Å². The highest BCUT2D eigenvalue weighted by Gasteiger charge is 2.13. The zero-order valence-electron chi connectivity index (χ0n) is 27.4. The van der Waals surface area contributed by atoms with Crippen LogP contribution in [0.25, 0.3) is 17.2 Å². The summed E-state index contributed by atoms with van der Waals surface area (Å²) in [6, 6.07) is 22.6. The van der Waals surface area contributed by atoms with Gasteiger partial charge in [-0.05, 0) is 121 Å². The van der Waals surface area contributed by atoms with Crippen molar-refractivity contribution in [3.63, 3.8) is 0 Å². The van der Waals surface area contributed by atoms with Crippen molar-refractivity contribution in [3.8, 4) is 11.1 Å². The normalized spacial score (nSPS) is 12.0. The summed E-state index contributed by atoms with van der Waals surface area (Å²) in [7, 11) is 0. The van der Waals surface area contributed by atoms with E-state index in [2.05, 4.69) is 112 Å². The van der Waals surface area contributed by atoms with Crippen molar-refractivity contribution in [3.05, 3.63) is 94.7 Å². The monoisotopic (exact) mass is 565 g/mol. The lowest BCUT2D eigenvalue weighted by molar-refractivity contribution is -0.519. The third-order valence-corrected chi connectivity index (χ3v) is 8.32. The maximum atomic E-state index is 5.17. The molecule has 2 nitrogen and oxygen atoms in total. The van der Waals surface area contributed by atoms with Gasteiger partial charge in [0.2, 0.25) is 0 Å². The minimum absolute atomic E-state index is 0.838. The van der Waals surface area contributed by atoms with Gasteiger partial charge in [-0.1, -0.05) is 113 Å². The number of rotatable bonds is 19. The van der Waals surface area contributed by atoms with Gasteiger partial charge in [0.1, 0.15) is 5.69 Å². The van der Waals surface area contributed by atoms with Crippen LogP contribution in [0.2, 0.25) is 0 Å². The van der Waals surface area contributed by atoms with Crippen LogP contribution < -0.4 is 0 Å². The number of nitrogens with zero attached hydrogens (tertiary/aromatic N) is 2. The first-order valence-electron chi connectivity index (χ1n) is 17.1. The molecule has 0 aliphatic carbocycles. The SMILES string of the molecule is CCCCCCc1cc(N=[N+](C=Cc2ccc(CCCC)c(-c3ccccc3)c2)CC)cc(CCCC)c1CCCC. The number of unbranched alkanes of at least 4 members (excludes halogenated alkanes) is 6. The van der Waals surface area contributed by atoms with E-state index in [0.29, 0.717) is 0 Å². The van der Waals surface area contributed by atoms with E-state index in [1.165, 1.54) is 105 Å². The molecule has 2 heteroatoms. The highest BCUT2D eigenvalue weighted by Crippen LogP contribution is 2.29. The van der Waals surface area contributed by atoms with E-state index in [4.69, 9.17) is 5.11 Å². The summed E-state index contributed by atoms with van der Waals surface area (Å²) in [5.41, 5.74) is 11.1. The van der Waals surface area contributed by atoms with Crippen LogP contribution in [-0.2, 0) is 25.7 Å². The van der Waals surface area contributed by atoms with Gasteiger partial charge in [-0.25, -0.2) is 0 Å². The van der Waals surface area contributed by atoms with Crippen molar-refractivity contribution in [2.45, 2.75) is 125 Å². The lowest BCUT2D eigenvalue weighted by Gasteiger charge is -2.16. The summed E-state index contributed by atoms with van der Waals surface area (Å²) in [4.78, 5) is 0. The summed E-state index contributed by atoms with van der Waals surface area (Å²) in [6.07, 6.45) is 21.7. The van der Waals surface area contributed by atoms with Crippen molar-refractivity contribution < 1.29 is 4.70 Å². The Morgan fingerprint density at radius 3 is 1.86 bits per heavy atom. The lowest BCUT2D eigenvalue weighted by atomic mass is 9.90. The Bertz CT molecular complexity index is 1250. The van der Waals surface area contributed by atoms with Gasteiger partial charge in [0.25, 0.3) is 0 Å². The molecule has 0 heterocycles. The smallest absolute Gasteiger partial charge is 0.0910 e. The molecule has 0 aliphatic heterocycles. The van der Waals surface area contributed by atoms with E-state index in [9.17, 15) is 0 Å². The standard InChI is InChI=1S/C40H57N2/c1-6-11-15-17-24-37-32-38(31-36(21-13-8-3)39(37)25-14-9-4)41-42(10-5)29-28-33-26-27-35(20-12-7-2)40(30-33)34-22-18-16-19-23-34/h16,18-19,22-23,26-32H,6-15,17,20-21,24-25H2,1-5H3/q+1.